The molecule has 5 rings (SSSR count). The molecule has 2 aliphatic carbocycles. The van der Waals surface area contributed by atoms with Crippen LogP contribution in [0.25, 0.3) is 10.8 Å². The maximum atomic E-state index is 12.4. The van der Waals surface area contributed by atoms with Crippen molar-refractivity contribution in [2.45, 2.75) is 24.7 Å². The zero-order chi connectivity index (χ0) is 17.2. The van der Waals surface area contributed by atoms with Crippen LogP contribution in [0.1, 0.15) is 12.8 Å². The van der Waals surface area contributed by atoms with Gasteiger partial charge in [-0.1, -0.05) is 24.3 Å². The van der Waals surface area contributed by atoms with Gasteiger partial charge >= 0.3 is 0 Å². The minimum atomic E-state index is -1.35. The van der Waals surface area contributed by atoms with E-state index in [1.165, 1.54) is 6.08 Å². The van der Waals surface area contributed by atoms with Gasteiger partial charge in [-0.15, -0.1) is 0 Å². The lowest BCUT2D eigenvalue weighted by Crippen LogP contribution is -2.57. The van der Waals surface area contributed by atoms with Crippen molar-refractivity contribution in [2.75, 3.05) is 0 Å². The summed E-state index contributed by atoms with van der Waals surface area (Å²) in [6.45, 7) is 0. The number of benzene rings is 2. The van der Waals surface area contributed by atoms with Gasteiger partial charge in [0.15, 0.2) is 5.78 Å². The summed E-state index contributed by atoms with van der Waals surface area (Å²) in [5.74, 6) is -1.16. The maximum absolute atomic E-state index is 12.4. The molecule has 5 heteroatoms. The largest absolute Gasteiger partial charge is 0.508 e. The van der Waals surface area contributed by atoms with E-state index in [0.717, 1.165) is 10.8 Å². The number of fused-ring (bicyclic) bond motifs is 2. The average molecular weight is 336 g/mol. The smallest absolute Gasteiger partial charge is 0.281 e. The van der Waals surface area contributed by atoms with E-state index < -0.39 is 17.8 Å². The Hall–Kier alpha value is -2.79. The summed E-state index contributed by atoms with van der Waals surface area (Å²) in [6, 6.07) is 11.4. The van der Waals surface area contributed by atoms with Crippen molar-refractivity contribution in [3.8, 4) is 11.5 Å². The van der Waals surface area contributed by atoms with E-state index in [-0.39, 0.29) is 23.5 Å². The molecule has 2 N–H and O–H groups in total. The maximum Gasteiger partial charge on any atom is 0.281 e. The van der Waals surface area contributed by atoms with Gasteiger partial charge in [0, 0.05) is 12.5 Å². The third-order valence-electron chi connectivity index (χ3n) is 5.21. The minimum absolute atomic E-state index is 0.122. The van der Waals surface area contributed by atoms with Crippen LogP contribution in [0.5, 0.6) is 11.5 Å². The lowest BCUT2D eigenvalue weighted by Gasteiger charge is -2.46. The predicted molar refractivity (Wildman–Crippen MR) is 90.5 cm³/mol. The van der Waals surface area contributed by atoms with Crippen LogP contribution in [0.3, 0.4) is 0 Å². The minimum Gasteiger partial charge on any atom is -0.508 e. The molecule has 1 spiro atoms. The van der Waals surface area contributed by atoms with Crippen molar-refractivity contribution in [2.24, 2.45) is 5.92 Å². The van der Waals surface area contributed by atoms with E-state index in [4.69, 9.17) is 9.47 Å². The van der Waals surface area contributed by atoms with E-state index in [1.807, 2.05) is 36.4 Å². The lowest BCUT2D eigenvalue weighted by atomic mass is 9.72. The van der Waals surface area contributed by atoms with Crippen LogP contribution >= 0.6 is 0 Å². The van der Waals surface area contributed by atoms with Crippen LogP contribution < -0.4 is 9.47 Å². The molecule has 0 amide bonds. The highest BCUT2D eigenvalue weighted by Gasteiger charge is 2.55. The molecular formula is C20H16O5. The number of allylic oxidation sites excluding steroid dienone is 1. The monoisotopic (exact) mass is 336 g/mol. The molecule has 0 bridgehead atoms. The van der Waals surface area contributed by atoms with Gasteiger partial charge in [0.25, 0.3) is 5.79 Å². The van der Waals surface area contributed by atoms with Crippen molar-refractivity contribution in [3.05, 3.63) is 59.9 Å². The van der Waals surface area contributed by atoms with Crippen molar-refractivity contribution in [3.63, 3.8) is 0 Å². The van der Waals surface area contributed by atoms with Crippen molar-refractivity contribution in [1.29, 1.82) is 0 Å². The highest BCUT2D eigenvalue weighted by molar-refractivity contribution is 5.99. The fourth-order valence-electron chi connectivity index (χ4n) is 4.11. The van der Waals surface area contributed by atoms with E-state index in [2.05, 4.69) is 0 Å². The first kappa shape index (κ1) is 14.5. The molecule has 0 saturated heterocycles. The first-order valence-corrected chi connectivity index (χ1v) is 8.32. The molecule has 2 unspecified atom stereocenters. The molecule has 5 nitrogen and oxygen atoms in total. The molecule has 0 radical (unpaired) electrons. The zero-order valence-electron chi connectivity index (χ0n) is 13.3. The first-order valence-electron chi connectivity index (χ1n) is 8.32. The van der Waals surface area contributed by atoms with Gasteiger partial charge in [-0.25, -0.2) is 0 Å². The second-order valence-electron chi connectivity index (χ2n) is 6.68. The summed E-state index contributed by atoms with van der Waals surface area (Å²) >= 11 is 0. The fourth-order valence-corrected chi connectivity index (χ4v) is 4.11. The molecule has 3 aliphatic rings. The highest BCUT2D eigenvalue weighted by Crippen LogP contribution is 2.49. The highest BCUT2D eigenvalue weighted by atomic mass is 16.7. The SMILES string of the molecule is O=C1CCC(O)C2C1=C(O)C=CC21Oc2cccc3cccc(c23)O1. The second-order valence-corrected chi connectivity index (χ2v) is 6.68. The summed E-state index contributed by atoms with van der Waals surface area (Å²) in [5.41, 5.74) is 0.188. The zero-order valence-corrected chi connectivity index (χ0v) is 13.3. The number of aliphatic hydroxyl groups excluding tert-OH is 2. The van der Waals surface area contributed by atoms with Gasteiger partial charge < -0.3 is 19.7 Å². The molecule has 1 saturated carbocycles. The number of carbonyl (C=O) groups excluding carboxylic acids is 1. The Labute approximate surface area is 143 Å². The third-order valence-corrected chi connectivity index (χ3v) is 5.21. The molecule has 1 fully saturated rings. The normalized spacial score (nSPS) is 26.4. The Morgan fingerprint density at radius 2 is 1.76 bits per heavy atom. The van der Waals surface area contributed by atoms with E-state index in [1.54, 1.807) is 6.08 Å². The second kappa shape index (κ2) is 4.86. The van der Waals surface area contributed by atoms with Crippen LogP contribution in [-0.4, -0.2) is 27.9 Å². The number of hydrogen-bond acceptors (Lipinski definition) is 5. The van der Waals surface area contributed by atoms with Crippen molar-refractivity contribution in [1.82, 2.24) is 0 Å². The molecule has 0 aromatic heterocycles. The molecule has 126 valence electrons. The van der Waals surface area contributed by atoms with Gasteiger partial charge in [-0.2, -0.15) is 0 Å². The van der Waals surface area contributed by atoms with Gasteiger partial charge in [0.05, 0.1) is 23.0 Å². The summed E-state index contributed by atoms with van der Waals surface area (Å²) in [4.78, 5) is 12.4. The number of aliphatic hydroxyl groups is 2. The summed E-state index contributed by atoms with van der Waals surface area (Å²) < 4.78 is 12.4. The van der Waals surface area contributed by atoms with E-state index in [9.17, 15) is 15.0 Å². The number of rotatable bonds is 0. The Morgan fingerprint density at radius 3 is 2.44 bits per heavy atom. The summed E-state index contributed by atoms with van der Waals surface area (Å²) in [5, 5.41) is 22.7. The molecular weight excluding hydrogens is 320 g/mol. The van der Waals surface area contributed by atoms with E-state index >= 15 is 0 Å². The molecule has 1 heterocycles. The Kier molecular flexibility index (Phi) is 2.83. The van der Waals surface area contributed by atoms with Crippen molar-refractivity contribution < 1.29 is 24.5 Å². The third kappa shape index (κ3) is 1.90. The first-order chi connectivity index (χ1) is 12.1. The number of hydrogen-bond donors (Lipinski definition) is 2. The van der Waals surface area contributed by atoms with Crippen LogP contribution in [0.2, 0.25) is 0 Å². The number of ether oxygens (including phenoxy) is 2. The Balaban J connectivity index is 1.70. The van der Waals surface area contributed by atoms with E-state index in [0.29, 0.717) is 17.9 Å². The van der Waals surface area contributed by atoms with Crippen LogP contribution in [0.4, 0.5) is 0 Å². The Morgan fingerprint density at radius 1 is 1.08 bits per heavy atom. The Bertz CT molecular complexity index is 930. The molecule has 25 heavy (non-hydrogen) atoms. The van der Waals surface area contributed by atoms with Crippen LogP contribution in [0.15, 0.2) is 59.9 Å². The van der Waals surface area contributed by atoms with Gasteiger partial charge in [0.1, 0.15) is 17.3 Å². The molecule has 1 aliphatic heterocycles. The van der Waals surface area contributed by atoms with Gasteiger partial charge in [-0.3, -0.25) is 4.79 Å². The topological polar surface area (TPSA) is 76.0 Å². The number of Topliss-reactive ketones (excluding diaryl/α,β-unsaturated/α-hetero) is 1. The standard InChI is InChI=1S/C20H16O5/c21-12-7-8-14(23)19-18(12)13(22)9-10-20(19)24-15-5-1-3-11-4-2-6-16(25-20)17(11)15/h1-6,9-10,14,19,22-23H,7-8H2. The summed E-state index contributed by atoms with van der Waals surface area (Å²) in [6.07, 6.45) is 2.69. The van der Waals surface area contributed by atoms with Gasteiger partial charge in [-0.05, 0) is 30.0 Å². The number of ketones is 1. The molecule has 2 aromatic rings. The predicted octanol–water partition coefficient (Wildman–Crippen LogP) is 3.03. The molecule has 2 aromatic carbocycles. The quantitative estimate of drug-likeness (QED) is 0.773. The number of carbonyl (C=O) groups is 1. The van der Waals surface area contributed by atoms with Crippen LogP contribution in [-0.2, 0) is 4.79 Å². The van der Waals surface area contributed by atoms with Crippen LogP contribution in [0, 0.1) is 5.92 Å². The average Bonchev–Trinajstić information content (AvgIpc) is 2.61. The summed E-state index contributed by atoms with van der Waals surface area (Å²) in [7, 11) is 0. The fraction of sp³-hybridized carbons (Fsp3) is 0.250. The lowest BCUT2D eigenvalue weighted by molar-refractivity contribution is -0.153. The van der Waals surface area contributed by atoms with Crippen molar-refractivity contribution >= 4 is 16.6 Å². The van der Waals surface area contributed by atoms with Gasteiger partial charge in [0.2, 0.25) is 0 Å². The molecule has 2 atom stereocenters.